The topological polar surface area (TPSA) is 55.8 Å². The normalized spacial score (nSPS) is 14.6. The van der Waals surface area contributed by atoms with Gasteiger partial charge in [0.2, 0.25) is 0 Å². The molecule has 0 saturated carbocycles. The molecule has 0 aromatic heterocycles. The second-order valence-electron chi connectivity index (χ2n) is 3.34. The van der Waals surface area contributed by atoms with E-state index >= 15 is 0 Å². The van der Waals surface area contributed by atoms with Gasteiger partial charge in [-0.15, -0.1) is 0 Å². The molecule has 1 rings (SSSR count). The molecular weight excluding hydrogens is 298 g/mol. The maximum absolute atomic E-state index is 11.9. The average molecular weight is 311 g/mol. The fourth-order valence-corrected chi connectivity index (χ4v) is 2.59. The van der Waals surface area contributed by atoms with E-state index in [0.29, 0.717) is 10.6 Å². The molecule has 0 bridgehead atoms. The molecule has 0 saturated heterocycles. The fourth-order valence-electron chi connectivity index (χ4n) is 1.22. The summed E-state index contributed by atoms with van der Waals surface area (Å²) in [7, 11) is -1.20. The summed E-state index contributed by atoms with van der Waals surface area (Å²) in [6.45, 7) is 0. The van der Waals surface area contributed by atoms with Crippen LogP contribution in [0.2, 0.25) is 5.02 Å². The van der Waals surface area contributed by atoms with Crippen molar-refractivity contribution in [3.63, 3.8) is 0 Å². The predicted molar refractivity (Wildman–Crippen MR) is 72.9 cm³/mol. The van der Waals surface area contributed by atoms with Crippen molar-refractivity contribution in [2.24, 2.45) is 0 Å². The summed E-state index contributed by atoms with van der Waals surface area (Å²) in [5.41, 5.74) is 0.638. The second-order valence-corrected chi connectivity index (χ2v) is 6.52. The summed E-state index contributed by atoms with van der Waals surface area (Å²) in [5.74, 6) is -1.43. The molecule has 0 aliphatic heterocycles. The Hall–Kier alpha value is -0.350. The SMILES string of the molecule is COP(=O)(OC)[C@H](O)/C=C(\Cl)c1ccc(Cl)cc1. The summed E-state index contributed by atoms with van der Waals surface area (Å²) in [6.07, 6.45) is 1.21. The molecule has 1 aromatic rings. The van der Waals surface area contributed by atoms with Crippen molar-refractivity contribution in [1.82, 2.24) is 0 Å². The lowest BCUT2D eigenvalue weighted by atomic mass is 10.2. The third-order valence-corrected chi connectivity index (χ3v) is 4.66. The lowest BCUT2D eigenvalue weighted by Gasteiger charge is -2.17. The van der Waals surface area contributed by atoms with Gasteiger partial charge in [-0.05, 0) is 23.8 Å². The van der Waals surface area contributed by atoms with E-state index in [9.17, 15) is 9.67 Å². The molecule has 100 valence electrons. The summed E-state index contributed by atoms with van der Waals surface area (Å²) in [5, 5.41) is 10.6. The van der Waals surface area contributed by atoms with Gasteiger partial charge >= 0.3 is 7.60 Å². The van der Waals surface area contributed by atoms with Crippen LogP contribution >= 0.6 is 30.8 Å². The van der Waals surface area contributed by atoms with Crippen LogP contribution in [-0.2, 0) is 13.6 Å². The smallest absolute Gasteiger partial charge is 0.362 e. The molecule has 4 nitrogen and oxygen atoms in total. The van der Waals surface area contributed by atoms with Crippen LogP contribution in [0.5, 0.6) is 0 Å². The summed E-state index contributed by atoms with van der Waals surface area (Å²) >= 11 is 11.7. The molecule has 7 heteroatoms. The molecule has 0 radical (unpaired) electrons. The first-order valence-electron chi connectivity index (χ1n) is 4.95. The zero-order chi connectivity index (χ0) is 13.8. The molecule has 0 spiro atoms. The van der Waals surface area contributed by atoms with Gasteiger partial charge in [0.15, 0.2) is 5.85 Å². The summed E-state index contributed by atoms with van der Waals surface area (Å²) in [4.78, 5) is 0. The van der Waals surface area contributed by atoms with Gasteiger partial charge in [-0.2, -0.15) is 0 Å². The molecule has 1 atom stereocenters. The molecule has 0 aliphatic carbocycles. The molecule has 0 fully saturated rings. The largest absolute Gasteiger partial charge is 0.377 e. The molecule has 1 aromatic carbocycles. The maximum Gasteiger partial charge on any atom is 0.362 e. The van der Waals surface area contributed by atoms with E-state index in [1.807, 2.05) is 0 Å². The molecule has 0 aliphatic rings. The third-order valence-electron chi connectivity index (χ3n) is 2.25. The molecule has 0 unspecified atom stereocenters. The van der Waals surface area contributed by atoms with Crippen molar-refractivity contribution in [2.45, 2.75) is 5.85 Å². The lowest BCUT2D eigenvalue weighted by molar-refractivity contribution is 0.201. The van der Waals surface area contributed by atoms with Gasteiger partial charge in [0.1, 0.15) is 0 Å². The van der Waals surface area contributed by atoms with Crippen LogP contribution in [0, 0.1) is 0 Å². The van der Waals surface area contributed by atoms with Gasteiger partial charge in [-0.1, -0.05) is 35.3 Å². The third kappa shape index (κ3) is 3.82. The first-order chi connectivity index (χ1) is 8.42. The van der Waals surface area contributed by atoms with Gasteiger partial charge in [0.05, 0.1) is 0 Å². The zero-order valence-corrected chi connectivity index (χ0v) is 12.2. The number of rotatable bonds is 5. The van der Waals surface area contributed by atoms with Crippen LogP contribution < -0.4 is 0 Å². The van der Waals surface area contributed by atoms with Crippen molar-refractivity contribution in [3.8, 4) is 0 Å². The highest BCUT2D eigenvalue weighted by Gasteiger charge is 2.30. The Morgan fingerprint density at radius 1 is 1.33 bits per heavy atom. The Kier molecular flexibility index (Phi) is 5.86. The first-order valence-corrected chi connectivity index (χ1v) is 7.32. The number of benzene rings is 1. The van der Waals surface area contributed by atoms with Gasteiger partial charge in [0.25, 0.3) is 0 Å². The van der Waals surface area contributed by atoms with Gasteiger partial charge in [-0.3, -0.25) is 4.57 Å². The fraction of sp³-hybridized carbons (Fsp3) is 0.273. The van der Waals surface area contributed by atoms with E-state index in [2.05, 4.69) is 9.05 Å². The first kappa shape index (κ1) is 15.7. The van der Waals surface area contributed by atoms with Gasteiger partial charge < -0.3 is 14.2 Å². The molecule has 18 heavy (non-hydrogen) atoms. The van der Waals surface area contributed by atoms with Crippen molar-refractivity contribution in [1.29, 1.82) is 0 Å². The second kappa shape index (κ2) is 6.71. The Bertz CT molecular complexity index is 464. The highest BCUT2D eigenvalue weighted by molar-refractivity contribution is 7.54. The molecular formula is C11H13Cl2O4P. The van der Waals surface area contributed by atoms with E-state index in [1.165, 1.54) is 20.3 Å². The van der Waals surface area contributed by atoms with Crippen LogP contribution in [0.15, 0.2) is 30.3 Å². The number of halogens is 2. The van der Waals surface area contributed by atoms with Crippen LogP contribution in [0.4, 0.5) is 0 Å². The molecule has 0 heterocycles. The number of hydrogen-bond acceptors (Lipinski definition) is 4. The van der Waals surface area contributed by atoms with Crippen LogP contribution in [0.3, 0.4) is 0 Å². The summed E-state index contributed by atoms with van der Waals surface area (Å²) < 4.78 is 21.2. The molecule has 1 N–H and O–H groups in total. The number of aliphatic hydroxyl groups excluding tert-OH is 1. The van der Waals surface area contributed by atoms with E-state index < -0.39 is 13.4 Å². The maximum atomic E-state index is 11.9. The van der Waals surface area contributed by atoms with Crippen LogP contribution in [-0.4, -0.2) is 25.2 Å². The highest BCUT2D eigenvalue weighted by atomic mass is 35.5. The Labute approximate surface area is 116 Å². The van der Waals surface area contributed by atoms with Crippen molar-refractivity contribution in [3.05, 3.63) is 40.9 Å². The Morgan fingerprint density at radius 2 is 1.83 bits per heavy atom. The molecule has 0 amide bonds. The average Bonchev–Trinajstić information content (AvgIpc) is 2.38. The monoisotopic (exact) mass is 310 g/mol. The predicted octanol–water partition coefficient (Wildman–Crippen LogP) is 3.72. The zero-order valence-electron chi connectivity index (χ0n) is 9.84. The quantitative estimate of drug-likeness (QED) is 0.842. The van der Waals surface area contributed by atoms with Crippen molar-refractivity contribution >= 4 is 35.8 Å². The number of hydrogen-bond donors (Lipinski definition) is 1. The highest BCUT2D eigenvalue weighted by Crippen LogP contribution is 2.51. The van der Waals surface area contributed by atoms with E-state index in [4.69, 9.17) is 23.2 Å². The number of aliphatic hydroxyl groups is 1. The van der Waals surface area contributed by atoms with Crippen molar-refractivity contribution < 1.29 is 18.7 Å². The van der Waals surface area contributed by atoms with Crippen LogP contribution in [0.25, 0.3) is 5.03 Å². The van der Waals surface area contributed by atoms with E-state index in [1.54, 1.807) is 24.3 Å². The van der Waals surface area contributed by atoms with E-state index in [-0.39, 0.29) is 5.03 Å². The van der Waals surface area contributed by atoms with Gasteiger partial charge in [-0.25, -0.2) is 0 Å². The minimum absolute atomic E-state index is 0.230. The standard InChI is InChI=1S/C11H13Cl2O4P/c1-16-18(15,17-2)11(14)7-10(13)8-3-5-9(12)6-4-8/h3-7,11,14H,1-2H3/b10-7-/t11-/m0/s1. The van der Waals surface area contributed by atoms with Gasteiger partial charge in [0, 0.05) is 24.3 Å². The Balaban J connectivity index is 2.96. The van der Waals surface area contributed by atoms with Crippen LogP contribution in [0.1, 0.15) is 5.56 Å². The van der Waals surface area contributed by atoms with E-state index in [0.717, 1.165) is 0 Å². The summed E-state index contributed by atoms with van der Waals surface area (Å²) in [6, 6.07) is 6.67. The van der Waals surface area contributed by atoms with Crippen molar-refractivity contribution in [2.75, 3.05) is 14.2 Å². The Morgan fingerprint density at radius 3 is 2.28 bits per heavy atom. The minimum atomic E-state index is -3.59. The lowest BCUT2D eigenvalue weighted by Crippen LogP contribution is -2.07. The minimum Gasteiger partial charge on any atom is -0.377 e.